The van der Waals surface area contributed by atoms with E-state index in [2.05, 4.69) is 6.92 Å². The lowest BCUT2D eigenvalue weighted by atomic mass is 9.94. The lowest BCUT2D eigenvalue weighted by molar-refractivity contribution is -0.384. The number of methoxy groups -OCH3 is 3. The van der Waals surface area contributed by atoms with Gasteiger partial charge in [0, 0.05) is 17.7 Å². The van der Waals surface area contributed by atoms with Crippen molar-refractivity contribution in [1.82, 2.24) is 0 Å². The Labute approximate surface area is 204 Å². The number of benzene rings is 2. The first-order valence-corrected chi connectivity index (χ1v) is 12.3. The Balaban J connectivity index is 1.67. The quantitative estimate of drug-likeness (QED) is 0.191. The number of rotatable bonds is 11. The molecule has 11 nitrogen and oxygen atoms in total. The number of non-ortho nitro benzene ring substituents is 1. The third kappa shape index (κ3) is 6.20. The zero-order valence-electron chi connectivity index (χ0n) is 20.0. The normalized spacial score (nSPS) is 17.8. The fourth-order valence-electron chi connectivity index (χ4n) is 3.88. The highest BCUT2D eigenvalue weighted by atomic mass is 32.2. The topological polar surface area (TPSA) is 133 Å². The van der Waals surface area contributed by atoms with Gasteiger partial charge in [-0.3, -0.25) is 14.3 Å². The average molecular weight is 512 g/mol. The molecule has 0 aliphatic carbocycles. The summed E-state index contributed by atoms with van der Waals surface area (Å²) < 4.78 is 58.1. The van der Waals surface area contributed by atoms with E-state index in [1.807, 2.05) is 6.07 Å². The van der Waals surface area contributed by atoms with Crippen LogP contribution in [0.15, 0.2) is 35.2 Å². The number of ether oxygens (including phenoxy) is 5. The van der Waals surface area contributed by atoms with E-state index < -0.39 is 21.1 Å². The van der Waals surface area contributed by atoms with Gasteiger partial charge < -0.3 is 23.7 Å². The van der Waals surface area contributed by atoms with Crippen LogP contribution in [0.25, 0.3) is 0 Å². The molecule has 192 valence electrons. The van der Waals surface area contributed by atoms with Crippen LogP contribution in [0.2, 0.25) is 0 Å². The van der Waals surface area contributed by atoms with Crippen LogP contribution >= 0.6 is 0 Å². The number of nitro benzene ring substituents is 1. The first-order chi connectivity index (χ1) is 16.7. The van der Waals surface area contributed by atoms with Gasteiger partial charge in [0.05, 0.1) is 57.6 Å². The predicted octanol–water partition coefficient (Wildman–Crippen LogP) is 3.29. The fourth-order valence-corrected chi connectivity index (χ4v) is 4.77. The van der Waals surface area contributed by atoms with Crippen molar-refractivity contribution >= 4 is 15.8 Å². The minimum absolute atomic E-state index is 0.0213. The lowest BCUT2D eigenvalue weighted by Gasteiger charge is -2.23. The van der Waals surface area contributed by atoms with Crippen LogP contribution in [0.4, 0.5) is 5.69 Å². The van der Waals surface area contributed by atoms with Crippen molar-refractivity contribution in [3.05, 3.63) is 51.6 Å². The minimum Gasteiger partial charge on any atom is -0.493 e. The molecule has 2 aromatic rings. The van der Waals surface area contributed by atoms with Crippen molar-refractivity contribution in [1.29, 1.82) is 0 Å². The van der Waals surface area contributed by atoms with Crippen LogP contribution in [-0.2, 0) is 30.2 Å². The van der Waals surface area contributed by atoms with Gasteiger partial charge in [-0.2, -0.15) is 8.42 Å². The maximum atomic E-state index is 12.3. The van der Waals surface area contributed by atoms with Crippen LogP contribution in [0.1, 0.15) is 24.2 Å². The summed E-state index contributed by atoms with van der Waals surface area (Å²) in [6.45, 7) is 2.45. The van der Waals surface area contributed by atoms with E-state index in [9.17, 15) is 18.5 Å². The number of nitrogens with zero attached hydrogens (tertiary/aromatic N) is 1. The Morgan fingerprint density at radius 2 is 1.74 bits per heavy atom. The van der Waals surface area contributed by atoms with Crippen molar-refractivity contribution in [2.75, 3.05) is 47.8 Å². The van der Waals surface area contributed by atoms with Crippen LogP contribution in [0, 0.1) is 16.0 Å². The zero-order valence-corrected chi connectivity index (χ0v) is 20.8. The summed E-state index contributed by atoms with van der Waals surface area (Å²) in [5.41, 5.74) is 1.58. The summed E-state index contributed by atoms with van der Waals surface area (Å²) in [4.78, 5) is 9.95. The summed E-state index contributed by atoms with van der Waals surface area (Å²) in [6, 6.07) is 6.37. The van der Waals surface area contributed by atoms with Crippen LogP contribution in [0.3, 0.4) is 0 Å². The number of nitro groups is 1. The average Bonchev–Trinajstić information content (AvgIpc) is 3.00. The fraction of sp³-hybridized carbons (Fsp3) is 0.478. The molecule has 1 aliphatic heterocycles. The molecule has 3 rings (SSSR count). The largest absolute Gasteiger partial charge is 0.493 e. The molecule has 2 aromatic carbocycles. The molecule has 1 aliphatic rings. The molecule has 0 radical (unpaired) electrons. The Morgan fingerprint density at radius 1 is 1.06 bits per heavy atom. The molecule has 0 amide bonds. The Hall–Kier alpha value is -2.93. The van der Waals surface area contributed by atoms with E-state index in [1.54, 1.807) is 14.2 Å². The number of fused-ring (bicyclic) bond motifs is 1. The highest BCUT2D eigenvalue weighted by Crippen LogP contribution is 2.47. The van der Waals surface area contributed by atoms with E-state index in [-0.39, 0.29) is 36.3 Å². The molecule has 0 bridgehead atoms. The van der Waals surface area contributed by atoms with E-state index in [0.29, 0.717) is 23.9 Å². The molecule has 0 N–H and O–H groups in total. The Kier molecular flexibility index (Phi) is 8.89. The molecular formula is C23H29NO10S. The van der Waals surface area contributed by atoms with Crippen molar-refractivity contribution in [3.8, 4) is 17.2 Å². The van der Waals surface area contributed by atoms with Crippen LogP contribution in [0.5, 0.6) is 17.2 Å². The Bertz CT molecular complexity index is 1130. The van der Waals surface area contributed by atoms with Crippen molar-refractivity contribution in [3.63, 3.8) is 0 Å². The van der Waals surface area contributed by atoms with Crippen LogP contribution < -0.4 is 14.2 Å². The van der Waals surface area contributed by atoms with Gasteiger partial charge in [0.1, 0.15) is 6.10 Å². The predicted molar refractivity (Wildman–Crippen MR) is 125 cm³/mol. The van der Waals surface area contributed by atoms with Gasteiger partial charge in [-0.25, -0.2) is 0 Å². The monoisotopic (exact) mass is 511 g/mol. The second kappa shape index (κ2) is 11.7. The molecule has 12 heteroatoms. The highest BCUT2D eigenvalue weighted by Gasteiger charge is 2.30. The molecule has 35 heavy (non-hydrogen) atoms. The maximum Gasteiger partial charge on any atom is 0.297 e. The van der Waals surface area contributed by atoms with E-state index >= 15 is 0 Å². The van der Waals surface area contributed by atoms with Gasteiger partial charge in [0.2, 0.25) is 5.75 Å². The van der Waals surface area contributed by atoms with Gasteiger partial charge in [-0.15, -0.1) is 0 Å². The maximum absolute atomic E-state index is 12.3. The molecule has 2 unspecified atom stereocenters. The van der Waals surface area contributed by atoms with Crippen molar-refractivity contribution < 1.29 is 41.2 Å². The molecule has 0 fully saturated rings. The molecule has 0 saturated carbocycles. The highest BCUT2D eigenvalue weighted by molar-refractivity contribution is 7.86. The summed E-state index contributed by atoms with van der Waals surface area (Å²) in [5.74, 6) is 1.76. The van der Waals surface area contributed by atoms with E-state index in [0.717, 1.165) is 41.8 Å². The van der Waals surface area contributed by atoms with E-state index in [4.69, 9.17) is 27.9 Å². The smallest absolute Gasteiger partial charge is 0.297 e. The van der Waals surface area contributed by atoms with Gasteiger partial charge in [0.15, 0.2) is 11.5 Å². The molecule has 0 saturated heterocycles. The third-order valence-corrected chi connectivity index (χ3v) is 6.82. The summed E-state index contributed by atoms with van der Waals surface area (Å²) in [7, 11) is 0.551. The number of hydrogen-bond donors (Lipinski definition) is 0. The van der Waals surface area contributed by atoms with Crippen molar-refractivity contribution in [2.45, 2.75) is 24.3 Å². The molecule has 0 spiro atoms. The van der Waals surface area contributed by atoms with Gasteiger partial charge in [0.25, 0.3) is 15.8 Å². The Morgan fingerprint density at radius 3 is 2.34 bits per heavy atom. The minimum atomic E-state index is -4.08. The number of hydrogen-bond acceptors (Lipinski definition) is 10. The van der Waals surface area contributed by atoms with E-state index in [1.165, 1.54) is 7.11 Å². The molecule has 1 heterocycles. The van der Waals surface area contributed by atoms with Gasteiger partial charge in [-0.05, 0) is 36.1 Å². The first kappa shape index (κ1) is 26.7. The second-order valence-corrected chi connectivity index (χ2v) is 9.57. The second-order valence-electron chi connectivity index (χ2n) is 7.95. The third-order valence-electron chi connectivity index (χ3n) is 5.50. The zero-order chi connectivity index (χ0) is 25.6. The molecule has 0 aromatic heterocycles. The van der Waals surface area contributed by atoms with Crippen LogP contribution in [-0.4, -0.2) is 61.1 Å². The van der Waals surface area contributed by atoms with Gasteiger partial charge >= 0.3 is 0 Å². The lowest BCUT2D eigenvalue weighted by Crippen LogP contribution is -2.17. The molecular weight excluding hydrogens is 482 g/mol. The van der Waals surface area contributed by atoms with Gasteiger partial charge in [-0.1, -0.05) is 6.92 Å². The SMILES string of the molecule is COc1cc2c(c(OC)c1OC)C(COCCOS(=O)(=O)c1ccc([N+](=O)[O-])cc1)OCC(C)C2. The summed E-state index contributed by atoms with van der Waals surface area (Å²) in [6.07, 6.45) is 0.273. The summed E-state index contributed by atoms with van der Waals surface area (Å²) >= 11 is 0. The van der Waals surface area contributed by atoms with Crippen molar-refractivity contribution in [2.24, 2.45) is 5.92 Å². The molecule has 2 atom stereocenters. The first-order valence-electron chi connectivity index (χ1n) is 10.9. The standard InChI is InChI=1S/C23H29NO10S/c1-15-11-16-12-19(29-2)22(30-3)23(31-4)21(16)20(33-13-15)14-32-9-10-34-35(27,28)18-7-5-17(6-8-18)24(25)26/h5-8,12,15,20H,9-11,13-14H2,1-4H3. The summed E-state index contributed by atoms with van der Waals surface area (Å²) in [5, 5.41) is 10.7.